The molecule has 2 atom stereocenters. The number of hydrogen-bond donors (Lipinski definition) is 3. The van der Waals surface area contributed by atoms with Gasteiger partial charge in [-0.3, -0.25) is 9.89 Å². The van der Waals surface area contributed by atoms with Gasteiger partial charge in [0.1, 0.15) is 0 Å². The summed E-state index contributed by atoms with van der Waals surface area (Å²) < 4.78 is 0. The van der Waals surface area contributed by atoms with E-state index in [2.05, 4.69) is 20.8 Å². The van der Waals surface area contributed by atoms with E-state index in [1.165, 1.54) is 12.8 Å². The predicted octanol–water partition coefficient (Wildman–Crippen LogP) is 1.58. The molecule has 1 amide bonds. The summed E-state index contributed by atoms with van der Waals surface area (Å²) in [4.78, 5) is 11.9. The van der Waals surface area contributed by atoms with E-state index < -0.39 is 0 Å². The minimum Gasteiger partial charge on any atom is -0.311 e. The van der Waals surface area contributed by atoms with E-state index in [0.717, 1.165) is 18.5 Å². The molecule has 98 valence electrons. The standard InChI is InChI=1S/C13H20N4O/c1-8-4-12(17-16-8)15-13(18)7-9-5-10-2-3-11(6-9)14-10/h4,9-11,14H,2-3,5-7H2,1H3,(H2,15,16,17,18). The van der Waals surface area contributed by atoms with E-state index in [4.69, 9.17) is 0 Å². The highest BCUT2D eigenvalue weighted by atomic mass is 16.1. The van der Waals surface area contributed by atoms with Crippen LogP contribution >= 0.6 is 0 Å². The molecule has 2 unspecified atom stereocenters. The normalized spacial score (nSPS) is 30.4. The fraction of sp³-hybridized carbons (Fsp3) is 0.692. The second kappa shape index (κ2) is 4.72. The van der Waals surface area contributed by atoms with Crippen molar-refractivity contribution in [3.8, 4) is 0 Å². The number of rotatable bonds is 3. The fourth-order valence-corrected chi connectivity index (χ4v) is 3.28. The van der Waals surface area contributed by atoms with Gasteiger partial charge in [-0.25, -0.2) is 0 Å². The molecular weight excluding hydrogens is 228 g/mol. The van der Waals surface area contributed by atoms with Crippen LogP contribution in [0.25, 0.3) is 0 Å². The summed E-state index contributed by atoms with van der Waals surface area (Å²) in [5, 5.41) is 13.3. The number of anilines is 1. The Morgan fingerprint density at radius 2 is 2.17 bits per heavy atom. The molecule has 5 heteroatoms. The van der Waals surface area contributed by atoms with Crippen molar-refractivity contribution in [2.75, 3.05) is 5.32 Å². The van der Waals surface area contributed by atoms with Crippen molar-refractivity contribution >= 4 is 11.7 Å². The van der Waals surface area contributed by atoms with Crippen LogP contribution in [0.4, 0.5) is 5.82 Å². The molecule has 3 N–H and O–H groups in total. The largest absolute Gasteiger partial charge is 0.311 e. The number of nitrogens with one attached hydrogen (secondary N) is 3. The van der Waals surface area contributed by atoms with E-state index in [0.29, 0.717) is 30.2 Å². The molecule has 2 fully saturated rings. The summed E-state index contributed by atoms with van der Waals surface area (Å²) in [6, 6.07) is 3.15. The lowest BCUT2D eigenvalue weighted by molar-refractivity contribution is -0.117. The van der Waals surface area contributed by atoms with Crippen LogP contribution in [0.5, 0.6) is 0 Å². The minimum absolute atomic E-state index is 0.0906. The molecule has 1 aromatic rings. The number of nitrogens with zero attached hydrogens (tertiary/aromatic N) is 1. The molecule has 5 nitrogen and oxygen atoms in total. The van der Waals surface area contributed by atoms with Crippen LogP contribution in [-0.4, -0.2) is 28.2 Å². The molecular formula is C13H20N4O. The molecule has 2 aliphatic rings. The summed E-state index contributed by atoms with van der Waals surface area (Å²) in [7, 11) is 0. The van der Waals surface area contributed by atoms with Crippen LogP contribution in [0.2, 0.25) is 0 Å². The Hall–Kier alpha value is -1.36. The molecule has 2 bridgehead atoms. The molecule has 2 saturated heterocycles. The van der Waals surface area contributed by atoms with Crippen LogP contribution in [0.15, 0.2) is 6.07 Å². The molecule has 0 aromatic carbocycles. The number of aromatic nitrogens is 2. The zero-order chi connectivity index (χ0) is 12.5. The zero-order valence-electron chi connectivity index (χ0n) is 10.7. The lowest BCUT2D eigenvalue weighted by Gasteiger charge is -2.28. The molecule has 3 rings (SSSR count). The third-order valence-corrected chi connectivity index (χ3v) is 4.02. The van der Waals surface area contributed by atoms with Gasteiger partial charge >= 0.3 is 0 Å². The first-order chi connectivity index (χ1) is 8.69. The van der Waals surface area contributed by atoms with Gasteiger partial charge in [0, 0.05) is 30.3 Å². The van der Waals surface area contributed by atoms with Crippen molar-refractivity contribution in [1.82, 2.24) is 15.5 Å². The summed E-state index contributed by atoms with van der Waals surface area (Å²) in [5.74, 6) is 1.26. The maximum absolute atomic E-state index is 11.9. The average molecular weight is 248 g/mol. The quantitative estimate of drug-likeness (QED) is 0.760. The zero-order valence-corrected chi connectivity index (χ0v) is 10.7. The number of H-pyrrole nitrogens is 1. The molecule has 3 heterocycles. The number of amides is 1. The van der Waals surface area contributed by atoms with E-state index in [9.17, 15) is 4.79 Å². The Labute approximate surface area is 107 Å². The van der Waals surface area contributed by atoms with Crippen molar-refractivity contribution < 1.29 is 4.79 Å². The monoisotopic (exact) mass is 248 g/mol. The lowest BCUT2D eigenvalue weighted by Crippen LogP contribution is -2.39. The average Bonchev–Trinajstić information content (AvgIpc) is 2.85. The summed E-state index contributed by atoms with van der Waals surface area (Å²) >= 11 is 0. The third-order valence-electron chi connectivity index (χ3n) is 4.02. The van der Waals surface area contributed by atoms with Crippen molar-refractivity contribution in [2.24, 2.45) is 5.92 Å². The maximum Gasteiger partial charge on any atom is 0.225 e. The molecule has 0 radical (unpaired) electrons. The number of carbonyl (C=O) groups is 1. The van der Waals surface area contributed by atoms with Crippen LogP contribution in [-0.2, 0) is 4.79 Å². The smallest absolute Gasteiger partial charge is 0.225 e. The van der Waals surface area contributed by atoms with Crippen molar-refractivity contribution in [1.29, 1.82) is 0 Å². The molecule has 2 aliphatic heterocycles. The van der Waals surface area contributed by atoms with Gasteiger partial charge < -0.3 is 10.6 Å². The van der Waals surface area contributed by atoms with E-state index >= 15 is 0 Å². The van der Waals surface area contributed by atoms with Crippen LogP contribution in [0, 0.1) is 12.8 Å². The fourth-order valence-electron chi connectivity index (χ4n) is 3.28. The number of aryl methyl sites for hydroxylation is 1. The first-order valence-corrected chi connectivity index (χ1v) is 6.77. The van der Waals surface area contributed by atoms with Crippen molar-refractivity contribution in [3.05, 3.63) is 11.8 Å². The predicted molar refractivity (Wildman–Crippen MR) is 69.2 cm³/mol. The topological polar surface area (TPSA) is 69.8 Å². The van der Waals surface area contributed by atoms with Crippen molar-refractivity contribution in [3.63, 3.8) is 0 Å². The SMILES string of the molecule is Cc1cc(NC(=O)CC2CC3CCC(C2)N3)n[nH]1. The Morgan fingerprint density at radius 1 is 1.44 bits per heavy atom. The Balaban J connectivity index is 1.52. The number of carbonyl (C=O) groups excluding carboxylic acids is 1. The van der Waals surface area contributed by atoms with Crippen molar-refractivity contribution in [2.45, 2.75) is 51.1 Å². The van der Waals surface area contributed by atoms with Gasteiger partial charge in [-0.2, -0.15) is 5.10 Å². The molecule has 0 aliphatic carbocycles. The molecule has 0 saturated carbocycles. The first kappa shape index (κ1) is 11.7. The highest BCUT2D eigenvalue weighted by Crippen LogP contribution is 2.32. The van der Waals surface area contributed by atoms with Gasteiger partial charge in [-0.1, -0.05) is 0 Å². The van der Waals surface area contributed by atoms with Gasteiger partial charge in [0.25, 0.3) is 0 Å². The van der Waals surface area contributed by atoms with E-state index in [1.54, 1.807) is 0 Å². The number of aromatic amines is 1. The van der Waals surface area contributed by atoms with Crippen LogP contribution in [0.1, 0.15) is 37.8 Å². The maximum atomic E-state index is 11.9. The summed E-state index contributed by atoms with van der Waals surface area (Å²) in [6.45, 7) is 1.92. The Morgan fingerprint density at radius 3 is 2.78 bits per heavy atom. The molecule has 0 spiro atoms. The third kappa shape index (κ3) is 2.56. The number of fused-ring (bicyclic) bond motifs is 2. The summed E-state index contributed by atoms with van der Waals surface area (Å²) in [6.07, 6.45) is 5.47. The van der Waals surface area contributed by atoms with Gasteiger partial charge in [0.2, 0.25) is 5.91 Å². The Bertz CT molecular complexity index is 430. The van der Waals surface area contributed by atoms with Gasteiger partial charge in [0.15, 0.2) is 5.82 Å². The van der Waals surface area contributed by atoms with Crippen LogP contribution < -0.4 is 10.6 Å². The lowest BCUT2D eigenvalue weighted by atomic mass is 9.89. The Kier molecular flexibility index (Phi) is 3.07. The number of piperidine rings is 1. The minimum atomic E-state index is 0.0906. The number of hydrogen-bond acceptors (Lipinski definition) is 3. The van der Waals surface area contributed by atoms with Gasteiger partial charge in [-0.15, -0.1) is 0 Å². The molecule has 1 aromatic heterocycles. The first-order valence-electron chi connectivity index (χ1n) is 6.77. The highest BCUT2D eigenvalue weighted by Gasteiger charge is 2.34. The molecule has 18 heavy (non-hydrogen) atoms. The van der Waals surface area contributed by atoms with E-state index in [-0.39, 0.29) is 5.91 Å². The van der Waals surface area contributed by atoms with Gasteiger partial charge in [-0.05, 0) is 38.5 Å². The van der Waals surface area contributed by atoms with Gasteiger partial charge in [0.05, 0.1) is 0 Å². The highest BCUT2D eigenvalue weighted by molar-refractivity contribution is 5.89. The summed E-state index contributed by atoms with van der Waals surface area (Å²) in [5.41, 5.74) is 0.963. The van der Waals surface area contributed by atoms with E-state index in [1.807, 2.05) is 13.0 Å². The second-order valence-electron chi connectivity index (χ2n) is 5.66. The van der Waals surface area contributed by atoms with Crippen LogP contribution in [0.3, 0.4) is 0 Å². The second-order valence-corrected chi connectivity index (χ2v) is 5.66.